The SMILES string of the molecule is CCC(C(N)=O)C(c1cccnc1)c1cc(C2=CCCC2)c2cccnc2c1O. The highest BCUT2D eigenvalue weighted by atomic mass is 16.3. The van der Waals surface area contributed by atoms with Crippen LogP contribution in [0.1, 0.15) is 55.2 Å². The number of aromatic nitrogens is 2. The van der Waals surface area contributed by atoms with Crippen LogP contribution in [-0.4, -0.2) is 21.0 Å². The number of hydrogen-bond donors (Lipinski definition) is 2. The van der Waals surface area contributed by atoms with Gasteiger partial charge < -0.3 is 10.8 Å². The van der Waals surface area contributed by atoms with Gasteiger partial charge in [-0.05, 0) is 60.6 Å². The quantitative estimate of drug-likeness (QED) is 0.649. The molecule has 29 heavy (non-hydrogen) atoms. The lowest BCUT2D eigenvalue weighted by Gasteiger charge is -2.26. The van der Waals surface area contributed by atoms with Gasteiger partial charge in [0.1, 0.15) is 11.3 Å². The molecule has 0 saturated heterocycles. The van der Waals surface area contributed by atoms with Crippen LogP contribution in [0.3, 0.4) is 0 Å². The van der Waals surface area contributed by atoms with Gasteiger partial charge in [-0.25, -0.2) is 0 Å². The molecule has 0 bridgehead atoms. The fourth-order valence-corrected chi connectivity index (χ4v) is 4.46. The van der Waals surface area contributed by atoms with E-state index >= 15 is 0 Å². The van der Waals surface area contributed by atoms with Crippen molar-refractivity contribution in [3.05, 3.63) is 71.7 Å². The number of primary amides is 1. The smallest absolute Gasteiger partial charge is 0.221 e. The number of hydrogen-bond acceptors (Lipinski definition) is 4. The number of nitrogens with two attached hydrogens (primary N) is 1. The average molecular weight is 387 g/mol. The predicted octanol–water partition coefficient (Wildman–Crippen LogP) is 4.55. The minimum absolute atomic E-state index is 0.108. The molecule has 0 aliphatic heterocycles. The zero-order valence-electron chi connectivity index (χ0n) is 16.5. The maximum absolute atomic E-state index is 12.3. The van der Waals surface area contributed by atoms with Crippen molar-refractivity contribution in [1.82, 2.24) is 9.97 Å². The molecule has 2 unspecified atom stereocenters. The van der Waals surface area contributed by atoms with Crippen LogP contribution in [0.4, 0.5) is 0 Å². The molecule has 3 aromatic rings. The van der Waals surface area contributed by atoms with Crippen molar-refractivity contribution >= 4 is 22.4 Å². The number of phenols is 1. The number of fused-ring (bicyclic) bond motifs is 1. The van der Waals surface area contributed by atoms with Crippen LogP contribution < -0.4 is 5.73 Å². The zero-order valence-corrected chi connectivity index (χ0v) is 16.5. The van der Waals surface area contributed by atoms with Gasteiger partial charge in [-0.1, -0.05) is 25.1 Å². The monoisotopic (exact) mass is 387 g/mol. The molecule has 5 heteroatoms. The summed E-state index contributed by atoms with van der Waals surface area (Å²) in [5, 5.41) is 12.1. The molecule has 0 fully saturated rings. The van der Waals surface area contributed by atoms with Crippen molar-refractivity contribution in [2.75, 3.05) is 0 Å². The van der Waals surface area contributed by atoms with Crippen LogP contribution in [0.15, 0.2) is 55.0 Å². The number of nitrogens with zero attached hydrogens (tertiary/aromatic N) is 2. The Morgan fingerprint density at radius 1 is 1.28 bits per heavy atom. The molecule has 1 amide bonds. The fourth-order valence-electron chi connectivity index (χ4n) is 4.46. The molecule has 2 aromatic heterocycles. The maximum Gasteiger partial charge on any atom is 0.221 e. The molecule has 0 radical (unpaired) electrons. The van der Waals surface area contributed by atoms with Gasteiger partial charge in [-0.2, -0.15) is 0 Å². The topological polar surface area (TPSA) is 89.1 Å². The summed E-state index contributed by atoms with van der Waals surface area (Å²) < 4.78 is 0. The number of aromatic hydroxyl groups is 1. The van der Waals surface area contributed by atoms with Crippen LogP contribution in [0.5, 0.6) is 5.75 Å². The highest BCUT2D eigenvalue weighted by molar-refractivity contribution is 5.96. The third-order valence-corrected chi connectivity index (χ3v) is 5.87. The summed E-state index contributed by atoms with van der Waals surface area (Å²) >= 11 is 0. The number of carbonyl (C=O) groups is 1. The number of benzene rings is 1. The molecule has 0 saturated carbocycles. The first-order chi connectivity index (χ1) is 14.1. The summed E-state index contributed by atoms with van der Waals surface area (Å²) in [6.45, 7) is 1.94. The third kappa shape index (κ3) is 3.48. The van der Waals surface area contributed by atoms with Gasteiger partial charge in [-0.3, -0.25) is 14.8 Å². The van der Waals surface area contributed by atoms with Crippen molar-refractivity contribution in [2.24, 2.45) is 11.7 Å². The van der Waals surface area contributed by atoms with Crippen LogP contribution in [0, 0.1) is 5.92 Å². The van der Waals surface area contributed by atoms with Gasteiger partial charge >= 0.3 is 0 Å². The number of rotatable bonds is 6. The van der Waals surface area contributed by atoms with E-state index in [2.05, 4.69) is 16.0 Å². The zero-order chi connectivity index (χ0) is 20.4. The van der Waals surface area contributed by atoms with E-state index in [1.54, 1.807) is 18.6 Å². The van der Waals surface area contributed by atoms with Gasteiger partial charge in [0.2, 0.25) is 5.91 Å². The molecule has 5 nitrogen and oxygen atoms in total. The molecular weight excluding hydrogens is 362 g/mol. The minimum Gasteiger partial charge on any atom is -0.505 e. The van der Waals surface area contributed by atoms with Crippen molar-refractivity contribution in [3.8, 4) is 5.75 Å². The van der Waals surface area contributed by atoms with E-state index in [9.17, 15) is 9.90 Å². The lowest BCUT2D eigenvalue weighted by Crippen LogP contribution is -2.29. The second-order valence-electron chi connectivity index (χ2n) is 7.56. The molecule has 1 aliphatic rings. The molecule has 1 aromatic carbocycles. The van der Waals surface area contributed by atoms with Crippen molar-refractivity contribution in [3.63, 3.8) is 0 Å². The number of pyridine rings is 2. The van der Waals surface area contributed by atoms with Gasteiger partial charge in [-0.15, -0.1) is 0 Å². The molecule has 0 spiro atoms. The van der Waals surface area contributed by atoms with Crippen LogP contribution in [0.25, 0.3) is 16.5 Å². The molecule has 3 N–H and O–H groups in total. The highest BCUT2D eigenvalue weighted by Crippen LogP contribution is 2.44. The Balaban J connectivity index is 2.01. The summed E-state index contributed by atoms with van der Waals surface area (Å²) in [6.07, 6.45) is 11.1. The largest absolute Gasteiger partial charge is 0.505 e. The molecule has 2 heterocycles. The molecule has 2 atom stereocenters. The number of amides is 1. The predicted molar refractivity (Wildman–Crippen MR) is 114 cm³/mol. The summed E-state index contributed by atoms with van der Waals surface area (Å²) in [5.41, 5.74) is 10.2. The first-order valence-electron chi connectivity index (χ1n) is 10.1. The van der Waals surface area contributed by atoms with E-state index < -0.39 is 11.8 Å². The lowest BCUT2D eigenvalue weighted by atomic mass is 9.77. The van der Waals surface area contributed by atoms with Crippen LogP contribution in [0.2, 0.25) is 0 Å². The van der Waals surface area contributed by atoms with Crippen LogP contribution in [-0.2, 0) is 4.79 Å². The molecule has 148 valence electrons. The minimum atomic E-state index is -0.461. The normalized spacial score (nSPS) is 15.8. The lowest BCUT2D eigenvalue weighted by molar-refractivity contribution is -0.122. The van der Waals surface area contributed by atoms with Gasteiger partial charge in [0.25, 0.3) is 0 Å². The van der Waals surface area contributed by atoms with Gasteiger partial charge in [0, 0.05) is 41.4 Å². The fraction of sp³-hybridized carbons (Fsp3) is 0.292. The molecule has 4 rings (SSSR count). The Morgan fingerprint density at radius 2 is 2.10 bits per heavy atom. The number of allylic oxidation sites excluding steroid dienone is 2. The van der Waals surface area contributed by atoms with Crippen molar-refractivity contribution in [1.29, 1.82) is 0 Å². The first-order valence-corrected chi connectivity index (χ1v) is 10.1. The Morgan fingerprint density at radius 3 is 2.76 bits per heavy atom. The van der Waals surface area contributed by atoms with Gasteiger partial charge in [0.15, 0.2) is 0 Å². The van der Waals surface area contributed by atoms with Crippen molar-refractivity contribution < 1.29 is 9.90 Å². The van der Waals surface area contributed by atoms with E-state index in [4.69, 9.17) is 5.73 Å². The summed E-state index contributed by atoms with van der Waals surface area (Å²) in [7, 11) is 0. The Labute approximate surface area is 170 Å². The maximum atomic E-state index is 12.3. The van der Waals surface area contributed by atoms with E-state index in [1.807, 2.05) is 37.3 Å². The van der Waals surface area contributed by atoms with Crippen molar-refractivity contribution in [2.45, 2.75) is 38.5 Å². The van der Waals surface area contributed by atoms with Crippen LogP contribution >= 0.6 is 0 Å². The third-order valence-electron chi connectivity index (χ3n) is 5.87. The molecular formula is C24H25N3O2. The number of phenolic OH excluding ortho intramolecular Hbond substituents is 1. The second-order valence-corrected chi connectivity index (χ2v) is 7.56. The van der Waals surface area contributed by atoms with Gasteiger partial charge in [0.05, 0.1) is 0 Å². The summed E-state index contributed by atoms with van der Waals surface area (Å²) in [6, 6.07) is 9.68. The van der Waals surface area contributed by atoms with E-state index in [1.165, 1.54) is 5.57 Å². The average Bonchev–Trinajstić information content (AvgIpc) is 3.28. The van der Waals surface area contributed by atoms with E-state index in [0.717, 1.165) is 35.8 Å². The standard InChI is InChI=1S/C24H25N3O2/c1-2-17(24(25)29)21(16-9-5-11-26-14-16)20-13-19(15-7-3-4-8-15)18-10-6-12-27-22(18)23(20)28/h5-7,9-14,17,21,28H,2-4,8H2,1H3,(H2,25,29). The summed E-state index contributed by atoms with van der Waals surface area (Å²) in [4.78, 5) is 21.0. The number of carbonyl (C=O) groups excluding carboxylic acids is 1. The first kappa shape index (κ1) is 19.1. The Kier molecular flexibility index (Phi) is 5.30. The van der Waals surface area contributed by atoms with E-state index in [-0.39, 0.29) is 11.7 Å². The summed E-state index contributed by atoms with van der Waals surface area (Å²) in [5.74, 6) is -1.13. The Bertz CT molecular complexity index is 1080. The second kappa shape index (κ2) is 8.03. The molecule has 1 aliphatic carbocycles. The highest BCUT2D eigenvalue weighted by Gasteiger charge is 2.32. The van der Waals surface area contributed by atoms with E-state index in [0.29, 0.717) is 17.5 Å². The Hall–Kier alpha value is -3.21.